The summed E-state index contributed by atoms with van der Waals surface area (Å²) in [7, 11) is 0. The second-order valence-corrected chi connectivity index (χ2v) is 6.15. The molecular formula is C17H27N3. The van der Waals surface area contributed by atoms with Crippen LogP contribution in [-0.4, -0.2) is 42.1 Å². The molecule has 0 spiro atoms. The van der Waals surface area contributed by atoms with Crippen LogP contribution in [0.5, 0.6) is 0 Å². The molecule has 0 aromatic carbocycles. The molecule has 3 heterocycles. The number of hydrogen-bond acceptors (Lipinski definition) is 3. The largest absolute Gasteiger partial charge is 0.356 e. The van der Waals surface area contributed by atoms with Crippen LogP contribution in [0, 0.1) is 0 Å². The van der Waals surface area contributed by atoms with Gasteiger partial charge in [0.25, 0.3) is 0 Å². The third-order valence-electron chi connectivity index (χ3n) is 4.92. The van der Waals surface area contributed by atoms with E-state index >= 15 is 0 Å². The predicted molar refractivity (Wildman–Crippen MR) is 84.3 cm³/mol. The summed E-state index contributed by atoms with van der Waals surface area (Å²) in [5.74, 6) is 1.23. The summed E-state index contributed by atoms with van der Waals surface area (Å²) in [5, 5.41) is 0. The predicted octanol–water partition coefficient (Wildman–Crippen LogP) is 3.10. The van der Waals surface area contributed by atoms with E-state index in [0.29, 0.717) is 0 Å². The molecule has 0 N–H and O–H groups in total. The van der Waals surface area contributed by atoms with Crippen molar-refractivity contribution in [2.45, 2.75) is 51.5 Å². The number of aryl methyl sites for hydroxylation is 1. The Balaban J connectivity index is 1.60. The van der Waals surface area contributed by atoms with Crippen molar-refractivity contribution in [1.29, 1.82) is 0 Å². The lowest BCUT2D eigenvalue weighted by molar-refractivity contribution is 0.141. The quantitative estimate of drug-likeness (QED) is 0.843. The molecule has 0 unspecified atom stereocenters. The number of rotatable bonds is 3. The van der Waals surface area contributed by atoms with Crippen LogP contribution in [0.15, 0.2) is 18.3 Å². The summed E-state index contributed by atoms with van der Waals surface area (Å²) in [4.78, 5) is 9.86. The molecule has 0 bridgehead atoms. The zero-order valence-corrected chi connectivity index (χ0v) is 12.7. The first kappa shape index (κ1) is 13.9. The molecule has 1 aromatic heterocycles. The van der Waals surface area contributed by atoms with Gasteiger partial charge in [0.2, 0.25) is 0 Å². The van der Waals surface area contributed by atoms with E-state index in [2.05, 4.69) is 33.8 Å². The highest BCUT2D eigenvalue weighted by Gasteiger charge is 2.26. The number of anilines is 1. The van der Waals surface area contributed by atoms with Crippen molar-refractivity contribution in [3.05, 3.63) is 23.9 Å². The molecule has 0 saturated carbocycles. The Kier molecular flexibility index (Phi) is 4.56. The second-order valence-electron chi connectivity index (χ2n) is 6.15. The minimum absolute atomic E-state index is 0.820. The first-order valence-corrected chi connectivity index (χ1v) is 8.31. The minimum atomic E-state index is 0.820. The first-order valence-electron chi connectivity index (χ1n) is 8.31. The maximum atomic E-state index is 4.62. The summed E-state index contributed by atoms with van der Waals surface area (Å²) in [6, 6.07) is 5.10. The molecule has 2 saturated heterocycles. The maximum Gasteiger partial charge on any atom is 0.131 e. The van der Waals surface area contributed by atoms with E-state index < -0.39 is 0 Å². The van der Waals surface area contributed by atoms with E-state index in [0.717, 1.165) is 12.5 Å². The van der Waals surface area contributed by atoms with Gasteiger partial charge in [-0.05, 0) is 56.8 Å². The van der Waals surface area contributed by atoms with Crippen molar-refractivity contribution in [1.82, 2.24) is 9.88 Å². The Morgan fingerprint density at radius 1 is 1.10 bits per heavy atom. The zero-order valence-electron chi connectivity index (χ0n) is 12.7. The Hall–Kier alpha value is -1.09. The van der Waals surface area contributed by atoms with Gasteiger partial charge in [0.1, 0.15) is 5.82 Å². The van der Waals surface area contributed by atoms with Gasteiger partial charge in [0, 0.05) is 25.3 Å². The van der Waals surface area contributed by atoms with Gasteiger partial charge in [-0.2, -0.15) is 0 Å². The van der Waals surface area contributed by atoms with E-state index in [1.54, 1.807) is 0 Å². The van der Waals surface area contributed by atoms with Crippen LogP contribution >= 0.6 is 0 Å². The van der Waals surface area contributed by atoms with Gasteiger partial charge in [-0.25, -0.2) is 4.98 Å². The van der Waals surface area contributed by atoms with E-state index in [4.69, 9.17) is 0 Å². The van der Waals surface area contributed by atoms with Crippen LogP contribution in [0.2, 0.25) is 0 Å². The van der Waals surface area contributed by atoms with Crippen LogP contribution < -0.4 is 4.90 Å². The van der Waals surface area contributed by atoms with E-state index in [-0.39, 0.29) is 0 Å². The number of hydrogen-bond donors (Lipinski definition) is 0. The maximum absolute atomic E-state index is 4.62. The molecule has 110 valence electrons. The molecule has 0 amide bonds. The highest BCUT2D eigenvalue weighted by Crippen LogP contribution is 2.25. The third-order valence-corrected chi connectivity index (χ3v) is 4.92. The van der Waals surface area contributed by atoms with Gasteiger partial charge in [0.15, 0.2) is 0 Å². The minimum Gasteiger partial charge on any atom is -0.356 e. The van der Waals surface area contributed by atoms with Gasteiger partial charge < -0.3 is 9.80 Å². The Bertz CT molecular complexity index is 418. The van der Waals surface area contributed by atoms with Crippen molar-refractivity contribution >= 4 is 5.82 Å². The second kappa shape index (κ2) is 6.57. The summed E-state index contributed by atoms with van der Waals surface area (Å²) in [5.41, 5.74) is 1.39. The Morgan fingerprint density at radius 2 is 1.85 bits per heavy atom. The molecule has 3 rings (SSSR count). The number of aromatic nitrogens is 1. The van der Waals surface area contributed by atoms with Gasteiger partial charge in [-0.3, -0.25) is 0 Å². The molecule has 0 radical (unpaired) electrons. The summed E-state index contributed by atoms with van der Waals surface area (Å²) in [6.07, 6.45) is 9.86. The highest BCUT2D eigenvalue weighted by molar-refractivity contribution is 5.47. The SMILES string of the molecule is CCc1cccnc1N1CCC(N2CCCCC2)CC1. The Morgan fingerprint density at radius 3 is 2.55 bits per heavy atom. The fourth-order valence-corrected chi connectivity index (χ4v) is 3.72. The number of piperidine rings is 2. The molecular weight excluding hydrogens is 246 g/mol. The van der Waals surface area contributed by atoms with Crippen LogP contribution in [0.25, 0.3) is 0 Å². The topological polar surface area (TPSA) is 19.4 Å². The lowest BCUT2D eigenvalue weighted by atomic mass is 9.99. The summed E-state index contributed by atoms with van der Waals surface area (Å²) >= 11 is 0. The van der Waals surface area contributed by atoms with Crippen molar-refractivity contribution < 1.29 is 0 Å². The molecule has 3 heteroatoms. The van der Waals surface area contributed by atoms with Crippen molar-refractivity contribution in [3.63, 3.8) is 0 Å². The van der Waals surface area contributed by atoms with Crippen LogP contribution in [-0.2, 0) is 6.42 Å². The van der Waals surface area contributed by atoms with E-state index in [1.165, 1.54) is 69.7 Å². The zero-order chi connectivity index (χ0) is 13.8. The molecule has 3 nitrogen and oxygen atoms in total. The van der Waals surface area contributed by atoms with Crippen molar-refractivity contribution in [3.8, 4) is 0 Å². The fraction of sp³-hybridized carbons (Fsp3) is 0.706. The van der Waals surface area contributed by atoms with Gasteiger partial charge in [-0.1, -0.05) is 19.4 Å². The molecule has 2 aliphatic rings. The fourth-order valence-electron chi connectivity index (χ4n) is 3.72. The highest BCUT2D eigenvalue weighted by atomic mass is 15.2. The lowest BCUT2D eigenvalue weighted by Gasteiger charge is -2.41. The van der Waals surface area contributed by atoms with Gasteiger partial charge in [-0.15, -0.1) is 0 Å². The van der Waals surface area contributed by atoms with Crippen molar-refractivity contribution in [2.24, 2.45) is 0 Å². The summed E-state index contributed by atoms with van der Waals surface area (Å²) < 4.78 is 0. The molecule has 0 aliphatic carbocycles. The first-order chi connectivity index (χ1) is 9.88. The molecule has 20 heavy (non-hydrogen) atoms. The lowest BCUT2D eigenvalue weighted by Crippen LogP contribution is -2.47. The normalized spacial score (nSPS) is 22.1. The number of likely N-dealkylation sites (tertiary alicyclic amines) is 1. The van der Waals surface area contributed by atoms with Gasteiger partial charge >= 0.3 is 0 Å². The Labute approximate surface area is 123 Å². The number of nitrogens with zero attached hydrogens (tertiary/aromatic N) is 3. The van der Waals surface area contributed by atoms with E-state index in [1.807, 2.05) is 6.20 Å². The van der Waals surface area contributed by atoms with Gasteiger partial charge in [0.05, 0.1) is 0 Å². The summed E-state index contributed by atoms with van der Waals surface area (Å²) in [6.45, 7) is 7.22. The average Bonchev–Trinajstić information content (AvgIpc) is 2.56. The van der Waals surface area contributed by atoms with Crippen molar-refractivity contribution in [2.75, 3.05) is 31.1 Å². The van der Waals surface area contributed by atoms with Crippen LogP contribution in [0.3, 0.4) is 0 Å². The number of pyridine rings is 1. The molecule has 1 aromatic rings. The van der Waals surface area contributed by atoms with E-state index in [9.17, 15) is 0 Å². The molecule has 2 fully saturated rings. The average molecular weight is 273 g/mol. The molecule has 0 atom stereocenters. The van der Waals surface area contributed by atoms with Crippen LogP contribution in [0.4, 0.5) is 5.82 Å². The molecule has 2 aliphatic heterocycles. The monoisotopic (exact) mass is 273 g/mol. The standard InChI is InChI=1S/C17H27N3/c1-2-15-7-6-10-18-17(15)20-13-8-16(9-14-20)19-11-4-3-5-12-19/h6-7,10,16H,2-5,8-9,11-14H2,1H3. The third kappa shape index (κ3) is 2.98. The smallest absolute Gasteiger partial charge is 0.131 e. The van der Waals surface area contributed by atoms with Crippen LogP contribution in [0.1, 0.15) is 44.6 Å².